The molecule has 0 amide bonds. The van der Waals surface area contributed by atoms with Gasteiger partial charge in [-0.1, -0.05) is 19.9 Å². The Hall–Kier alpha value is -1.39. The largest absolute Gasteiger partial charge is 0.481 e. The number of aliphatic hydroxyl groups is 10. The van der Waals surface area contributed by atoms with Gasteiger partial charge in [0.1, 0.15) is 61.0 Å². The fourth-order valence-corrected chi connectivity index (χ4v) is 12.6. The molecule has 17 heteroatoms. The zero-order valence-electron chi connectivity index (χ0n) is 32.1. The van der Waals surface area contributed by atoms with Crippen LogP contribution >= 0.6 is 0 Å². The number of ether oxygens (including phenoxy) is 5. The standard InChI is InChI=1S/C39H62O17/c1-17-12-38-9-5-22-36(2,7-4-8-37(22,3)35(50)51)23(38)6-10-39(17,16-38)56-34-32(55-33-30(49)29(48)26(45)20(14-41)53-33)31(27(46)21(15-42)54-34)52-19-11-18(13-40)24(43)28(47)25(19)44/h18-34,40-49H,1,4-16H2,2-3H3,(H,50,51)/t18?,19?,20?,21?,22?,23?,24?,25?,26?,27?,28?,29?,30?,31?,32?,33?,34?,36-,37-,38-,39+/m1/s1. The van der Waals surface area contributed by atoms with Gasteiger partial charge in [-0.15, -0.1) is 0 Å². The summed E-state index contributed by atoms with van der Waals surface area (Å²) in [6.07, 6.45) is -16.3. The molecule has 17 nitrogen and oxygen atoms in total. The van der Waals surface area contributed by atoms with Gasteiger partial charge in [0.05, 0.1) is 36.4 Å². The van der Waals surface area contributed by atoms with Gasteiger partial charge in [0, 0.05) is 12.5 Å². The molecule has 2 bridgehead atoms. The first kappa shape index (κ1) is 42.7. The van der Waals surface area contributed by atoms with Crippen LogP contribution in [0.4, 0.5) is 0 Å². The van der Waals surface area contributed by atoms with Crippen LogP contribution in [0.1, 0.15) is 78.1 Å². The molecule has 0 radical (unpaired) electrons. The van der Waals surface area contributed by atoms with Gasteiger partial charge < -0.3 is 79.9 Å². The first-order valence-electron chi connectivity index (χ1n) is 20.2. The average molecular weight is 803 g/mol. The smallest absolute Gasteiger partial charge is 0.309 e. The van der Waals surface area contributed by atoms with Crippen molar-refractivity contribution < 1.29 is 84.7 Å². The number of rotatable bonds is 10. The van der Waals surface area contributed by atoms with Gasteiger partial charge in [-0.3, -0.25) is 4.79 Å². The second-order valence-corrected chi connectivity index (χ2v) is 18.5. The summed E-state index contributed by atoms with van der Waals surface area (Å²) in [5.74, 6) is -1.48. The molecular formula is C39H62O17. The molecule has 5 saturated carbocycles. The summed E-state index contributed by atoms with van der Waals surface area (Å²) in [5.41, 5.74) is -1.53. The lowest BCUT2D eigenvalue weighted by atomic mass is 9.41. The Morgan fingerprint density at radius 1 is 0.732 bits per heavy atom. The van der Waals surface area contributed by atoms with Crippen molar-refractivity contribution in [2.45, 2.75) is 169 Å². The molecule has 320 valence electrons. The van der Waals surface area contributed by atoms with E-state index in [1.54, 1.807) is 0 Å². The van der Waals surface area contributed by atoms with E-state index >= 15 is 0 Å². The normalized spacial score (nSPS) is 54.6. The molecule has 0 aromatic carbocycles. The first-order valence-corrected chi connectivity index (χ1v) is 20.2. The number of aliphatic carboxylic acids is 1. The van der Waals surface area contributed by atoms with Crippen LogP contribution in [0.3, 0.4) is 0 Å². The third-order valence-corrected chi connectivity index (χ3v) is 15.6. The van der Waals surface area contributed by atoms with Crippen LogP contribution in [-0.4, -0.2) is 173 Å². The van der Waals surface area contributed by atoms with Gasteiger partial charge in [0.2, 0.25) is 0 Å². The van der Waals surface area contributed by atoms with E-state index in [4.69, 9.17) is 23.7 Å². The number of aliphatic hydroxyl groups excluding tert-OH is 10. The van der Waals surface area contributed by atoms with Crippen molar-refractivity contribution in [1.29, 1.82) is 0 Å². The molecule has 2 heterocycles. The fraction of sp³-hybridized carbons (Fsp3) is 0.923. The first-order chi connectivity index (χ1) is 26.4. The monoisotopic (exact) mass is 802 g/mol. The van der Waals surface area contributed by atoms with E-state index < -0.39 is 129 Å². The van der Waals surface area contributed by atoms with Crippen LogP contribution in [0.5, 0.6) is 0 Å². The zero-order chi connectivity index (χ0) is 40.7. The third kappa shape index (κ3) is 6.70. The summed E-state index contributed by atoms with van der Waals surface area (Å²) < 4.78 is 31.5. The molecule has 7 fully saturated rings. The quantitative estimate of drug-likeness (QED) is 0.0867. The Morgan fingerprint density at radius 2 is 1.38 bits per heavy atom. The van der Waals surface area contributed by atoms with E-state index in [1.165, 1.54) is 0 Å². The SMILES string of the molecule is C=C1C[C@@]23CCC4[C@@](C)(CCC[C@@]4(C)C(=O)O)C2CC[C@]1(OC1OC(CO)C(O)C(OC2CC(CO)C(O)C(O)C2O)C1OC1OC(CO)C(O)C(O)C1O)C3. The molecule has 2 aliphatic heterocycles. The van der Waals surface area contributed by atoms with Gasteiger partial charge in [-0.05, 0) is 93.0 Å². The lowest BCUT2D eigenvalue weighted by molar-refractivity contribution is -0.386. The number of carboxylic acid groups (broad SMARTS) is 1. The number of hydrogen-bond acceptors (Lipinski definition) is 16. The lowest BCUT2D eigenvalue weighted by Gasteiger charge is -2.64. The molecule has 17 unspecified atom stereocenters. The van der Waals surface area contributed by atoms with E-state index in [0.29, 0.717) is 32.1 Å². The minimum Gasteiger partial charge on any atom is -0.481 e. The minimum absolute atomic E-state index is 0.00191. The highest BCUT2D eigenvalue weighted by atomic mass is 16.8. The number of carbonyl (C=O) groups is 1. The molecule has 7 aliphatic rings. The molecule has 21 atom stereocenters. The van der Waals surface area contributed by atoms with Crippen LogP contribution in [0.2, 0.25) is 0 Å². The molecule has 5 aliphatic carbocycles. The summed E-state index contributed by atoms with van der Waals surface area (Å²) in [7, 11) is 0. The van der Waals surface area contributed by atoms with Gasteiger partial charge in [-0.2, -0.15) is 0 Å². The third-order valence-electron chi connectivity index (χ3n) is 15.6. The Bertz CT molecular complexity index is 1450. The zero-order valence-corrected chi connectivity index (χ0v) is 32.1. The van der Waals surface area contributed by atoms with Gasteiger partial charge in [-0.25, -0.2) is 0 Å². The Balaban J connectivity index is 1.21. The number of carboxylic acids is 1. The maximum absolute atomic E-state index is 12.7. The minimum atomic E-state index is -1.88. The highest BCUT2D eigenvalue weighted by Crippen LogP contribution is 2.73. The maximum Gasteiger partial charge on any atom is 0.309 e. The number of fused-ring (bicyclic) bond motifs is 3. The van der Waals surface area contributed by atoms with Crippen molar-refractivity contribution in [3.8, 4) is 0 Å². The summed E-state index contributed by atoms with van der Waals surface area (Å²) in [6.45, 7) is 6.61. The molecule has 56 heavy (non-hydrogen) atoms. The highest BCUT2D eigenvalue weighted by molar-refractivity contribution is 5.75. The molecular weight excluding hydrogens is 740 g/mol. The Labute approximate surface area is 325 Å². The molecule has 0 aromatic rings. The molecule has 7 rings (SSSR count). The van der Waals surface area contributed by atoms with Crippen molar-refractivity contribution in [1.82, 2.24) is 0 Å². The maximum atomic E-state index is 12.7. The summed E-state index contributed by atoms with van der Waals surface area (Å²) in [6, 6.07) is 0. The molecule has 11 N–H and O–H groups in total. The van der Waals surface area contributed by atoms with E-state index in [2.05, 4.69) is 13.5 Å². The van der Waals surface area contributed by atoms with Crippen molar-refractivity contribution in [3.63, 3.8) is 0 Å². The number of hydrogen-bond donors (Lipinski definition) is 11. The Morgan fingerprint density at radius 3 is 2.04 bits per heavy atom. The van der Waals surface area contributed by atoms with Crippen LogP contribution in [-0.2, 0) is 28.5 Å². The average Bonchev–Trinajstić information content (AvgIpc) is 3.36. The topological polar surface area (TPSA) is 286 Å². The van der Waals surface area contributed by atoms with Crippen LogP contribution in [0.25, 0.3) is 0 Å². The predicted octanol–water partition coefficient (Wildman–Crippen LogP) is -1.71. The summed E-state index contributed by atoms with van der Waals surface area (Å²) in [5, 5.41) is 117. The van der Waals surface area contributed by atoms with Crippen LogP contribution in [0.15, 0.2) is 12.2 Å². The molecule has 1 spiro atoms. The van der Waals surface area contributed by atoms with Crippen molar-refractivity contribution in [2.75, 3.05) is 19.8 Å². The Kier molecular flexibility index (Phi) is 11.9. The van der Waals surface area contributed by atoms with Crippen LogP contribution in [0, 0.1) is 34.0 Å². The van der Waals surface area contributed by atoms with Gasteiger partial charge in [0.15, 0.2) is 12.6 Å². The van der Waals surface area contributed by atoms with Crippen molar-refractivity contribution in [3.05, 3.63) is 12.2 Å². The lowest BCUT2D eigenvalue weighted by Crippen LogP contribution is -2.67. The second kappa shape index (κ2) is 15.6. The van der Waals surface area contributed by atoms with E-state index in [-0.39, 0.29) is 29.1 Å². The predicted molar refractivity (Wildman–Crippen MR) is 190 cm³/mol. The molecule has 2 saturated heterocycles. The summed E-state index contributed by atoms with van der Waals surface area (Å²) in [4.78, 5) is 12.7. The summed E-state index contributed by atoms with van der Waals surface area (Å²) >= 11 is 0. The fourth-order valence-electron chi connectivity index (χ4n) is 12.6. The van der Waals surface area contributed by atoms with Gasteiger partial charge >= 0.3 is 5.97 Å². The van der Waals surface area contributed by atoms with E-state index in [9.17, 15) is 61.0 Å². The highest BCUT2D eigenvalue weighted by Gasteiger charge is 2.69. The van der Waals surface area contributed by atoms with E-state index in [1.807, 2.05) is 6.92 Å². The molecule has 0 aromatic heterocycles. The van der Waals surface area contributed by atoms with Crippen molar-refractivity contribution in [2.24, 2.45) is 34.0 Å². The second-order valence-electron chi connectivity index (χ2n) is 18.5. The van der Waals surface area contributed by atoms with Crippen molar-refractivity contribution >= 4 is 5.97 Å². The van der Waals surface area contributed by atoms with Crippen LogP contribution < -0.4 is 0 Å². The van der Waals surface area contributed by atoms with Gasteiger partial charge in [0.25, 0.3) is 0 Å². The van der Waals surface area contributed by atoms with E-state index in [0.717, 1.165) is 31.3 Å².